The highest BCUT2D eigenvalue weighted by molar-refractivity contribution is 5.85. The van der Waals surface area contributed by atoms with Gasteiger partial charge in [-0.15, -0.1) is 0 Å². The van der Waals surface area contributed by atoms with Gasteiger partial charge < -0.3 is 5.11 Å². The van der Waals surface area contributed by atoms with Gasteiger partial charge in [-0.05, 0) is 36.6 Å². The second-order valence-electron chi connectivity index (χ2n) is 4.65. The zero-order valence-electron chi connectivity index (χ0n) is 10.1. The van der Waals surface area contributed by atoms with E-state index in [-0.39, 0.29) is 5.69 Å². The highest BCUT2D eigenvalue weighted by Gasteiger charge is 2.20. The third-order valence-corrected chi connectivity index (χ3v) is 3.40. The molecule has 4 heteroatoms. The zero-order chi connectivity index (χ0) is 12.3. The van der Waals surface area contributed by atoms with E-state index in [1.165, 1.54) is 12.8 Å². The second-order valence-corrected chi connectivity index (χ2v) is 4.65. The number of carbonyl (C=O) groups is 1. The Labute approximate surface area is 101 Å². The van der Waals surface area contributed by atoms with Crippen LogP contribution in [-0.2, 0) is 6.54 Å². The van der Waals surface area contributed by atoms with E-state index in [0.29, 0.717) is 0 Å². The molecule has 0 spiro atoms. The maximum atomic E-state index is 10.8. The standard InChI is InChI=1S/C13H18N2O2/c1-2-10-4-6-15(8-10)9-11-3-5-14-12(7-11)13(16)17/h3,5,7,10H,2,4,6,8-9H2,1H3,(H,16,17). The molecule has 1 fully saturated rings. The molecule has 0 bridgehead atoms. The summed E-state index contributed by atoms with van der Waals surface area (Å²) in [6, 6.07) is 3.56. The lowest BCUT2D eigenvalue weighted by molar-refractivity contribution is 0.0690. The largest absolute Gasteiger partial charge is 0.477 e. The molecule has 1 aromatic rings. The third kappa shape index (κ3) is 3.03. The Morgan fingerprint density at radius 3 is 3.12 bits per heavy atom. The molecule has 17 heavy (non-hydrogen) atoms. The van der Waals surface area contributed by atoms with Gasteiger partial charge in [-0.2, -0.15) is 0 Å². The summed E-state index contributed by atoms with van der Waals surface area (Å²) in [7, 11) is 0. The number of pyridine rings is 1. The van der Waals surface area contributed by atoms with Gasteiger partial charge in [-0.3, -0.25) is 4.90 Å². The molecule has 0 saturated carbocycles. The Balaban J connectivity index is 1.99. The van der Waals surface area contributed by atoms with Crippen LogP contribution in [0.25, 0.3) is 0 Å². The van der Waals surface area contributed by atoms with E-state index >= 15 is 0 Å². The summed E-state index contributed by atoms with van der Waals surface area (Å²) in [5.74, 6) is -0.157. The van der Waals surface area contributed by atoms with E-state index in [4.69, 9.17) is 5.11 Å². The van der Waals surface area contributed by atoms with E-state index in [0.717, 1.165) is 31.1 Å². The maximum absolute atomic E-state index is 10.8. The van der Waals surface area contributed by atoms with Crippen molar-refractivity contribution in [2.24, 2.45) is 5.92 Å². The number of aromatic nitrogens is 1. The smallest absolute Gasteiger partial charge is 0.354 e. The fourth-order valence-electron chi connectivity index (χ4n) is 2.34. The van der Waals surface area contributed by atoms with Gasteiger partial charge in [0.1, 0.15) is 5.69 Å². The first-order valence-electron chi connectivity index (χ1n) is 6.09. The molecule has 1 aliphatic rings. The lowest BCUT2D eigenvalue weighted by atomic mass is 10.1. The molecule has 4 nitrogen and oxygen atoms in total. The third-order valence-electron chi connectivity index (χ3n) is 3.40. The number of hydrogen-bond donors (Lipinski definition) is 1. The Hall–Kier alpha value is -1.42. The molecule has 1 aliphatic heterocycles. The van der Waals surface area contributed by atoms with Crippen LogP contribution >= 0.6 is 0 Å². The van der Waals surface area contributed by atoms with Crippen molar-refractivity contribution in [1.29, 1.82) is 0 Å². The van der Waals surface area contributed by atoms with Crippen molar-refractivity contribution in [3.63, 3.8) is 0 Å². The fourth-order valence-corrected chi connectivity index (χ4v) is 2.34. The summed E-state index contributed by atoms with van der Waals surface area (Å²) < 4.78 is 0. The average molecular weight is 234 g/mol. The molecule has 0 radical (unpaired) electrons. The second kappa shape index (κ2) is 5.27. The van der Waals surface area contributed by atoms with Crippen molar-refractivity contribution >= 4 is 5.97 Å². The number of rotatable bonds is 4. The van der Waals surface area contributed by atoms with E-state index in [9.17, 15) is 4.79 Å². The highest BCUT2D eigenvalue weighted by Crippen LogP contribution is 2.20. The molecule has 2 rings (SSSR count). The van der Waals surface area contributed by atoms with Crippen molar-refractivity contribution in [3.05, 3.63) is 29.6 Å². The van der Waals surface area contributed by atoms with Gasteiger partial charge in [-0.1, -0.05) is 13.3 Å². The van der Waals surface area contributed by atoms with Crippen molar-refractivity contribution in [3.8, 4) is 0 Å². The van der Waals surface area contributed by atoms with Crippen molar-refractivity contribution in [2.45, 2.75) is 26.3 Å². The van der Waals surface area contributed by atoms with Crippen LogP contribution in [0.5, 0.6) is 0 Å². The number of nitrogens with zero attached hydrogens (tertiary/aromatic N) is 2. The fraction of sp³-hybridized carbons (Fsp3) is 0.538. The first-order valence-corrected chi connectivity index (χ1v) is 6.09. The Bertz CT molecular complexity index is 406. The maximum Gasteiger partial charge on any atom is 0.354 e. The van der Waals surface area contributed by atoms with E-state index in [2.05, 4.69) is 16.8 Å². The molecule has 1 atom stereocenters. The molecule has 1 saturated heterocycles. The molecule has 0 aliphatic carbocycles. The zero-order valence-corrected chi connectivity index (χ0v) is 10.1. The topological polar surface area (TPSA) is 53.4 Å². The van der Waals surface area contributed by atoms with Gasteiger partial charge in [-0.25, -0.2) is 9.78 Å². The number of carboxylic acid groups (broad SMARTS) is 1. The Morgan fingerprint density at radius 2 is 2.47 bits per heavy atom. The summed E-state index contributed by atoms with van der Waals surface area (Å²) in [5.41, 5.74) is 1.17. The minimum Gasteiger partial charge on any atom is -0.477 e. The number of likely N-dealkylation sites (tertiary alicyclic amines) is 1. The van der Waals surface area contributed by atoms with E-state index in [1.54, 1.807) is 12.3 Å². The highest BCUT2D eigenvalue weighted by atomic mass is 16.4. The average Bonchev–Trinajstić information content (AvgIpc) is 2.77. The normalized spacial score (nSPS) is 20.6. The molecule has 1 unspecified atom stereocenters. The van der Waals surface area contributed by atoms with Crippen LogP contribution < -0.4 is 0 Å². The van der Waals surface area contributed by atoms with Gasteiger partial charge in [0.05, 0.1) is 0 Å². The molecular weight excluding hydrogens is 216 g/mol. The number of carboxylic acids is 1. The van der Waals surface area contributed by atoms with Crippen LogP contribution in [0.3, 0.4) is 0 Å². The minimum absolute atomic E-state index is 0.133. The molecule has 1 N–H and O–H groups in total. The quantitative estimate of drug-likeness (QED) is 0.865. The van der Waals surface area contributed by atoms with Crippen molar-refractivity contribution < 1.29 is 9.90 Å². The van der Waals surface area contributed by atoms with Crippen molar-refractivity contribution in [2.75, 3.05) is 13.1 Å². The van der Waals surface area contributed by atoms with Gasteiger partial charge in [0.15, 0.2) is 0 Å². The van der Waals surface area contributed by atoms with Gasteiger partial charge in [0.25, 0.3) is 0 Å². The molecule has 0 aromatic carbocycles. The Kier molecular flexibility index (Phi) is 3.74. The van der Waals surface area contributed by atoms with Crippen LogP contribution in [0.1, 0.15) is 35.8 Å². The monoisotopic (exact) mass is 234 g/mol. The predicted molar refractivity (Wildman–Crippen MR) is 64.9 cm³/mol. The molecule has 92 valence electrons. The van der Waals surface area contributed by atoms with E-state index < -0.39 is 5.97 Å². The molecular formula is C13H18N2O2. The van der Waals surface area contributed by atoms with Gasteiger partial charge >= 0.3 is 5.97 Å². The Morgan fingerprint density at radius 1 is 1.65 bits per heavy atom. The summed E-state index contributed by atoms with van der Waals surface area (Å²) in [6.45, 7) is 5.30. The number of aromatic carboxylic acids is 1. The predicted octanol–water partition coefficient (Wildman–Crippen LogP) is 2.01. The summed E-state index contributed by atoms with van der Waals surface area (Å²) in [6.07, 6.45) is 4.06. The summed E-state index contributed by atoms with van der Waals surface area (Å²) in [4.78, 5) is 17.0. The van der Waals surface area contributed by atoms with Crippen molar-refractivity contribution in [1.82, 2.24) is 9.88 Å². The number of hydrogen-bond acceptors (Lipinski definition) is 3. The van der Waals surface area contributed by atoms with Crippen LogP contribution in [0.2, 0.25) is 0 Å². The summed E-state index contributed by atoms with van der Waals surface area (Å²) in [5, 5.41) is 8.87. The van der Waals surface area contributed by atoms with Gasteiger partial charge in [0.2, 0.25) is 0 Å². The SMILES string of the molecule is CCC1CCN(Cc2ccnc(C(=O)O)c2)C1. The van der Waals surface area contributed by atoms with Crippen LogP contribution in [-0.4, -0.2) is 34.0 Å². The minimum atomic E-state index is -0.959. The first-order chi connectivity index (χ1) is 8.19. The van der Waals surface area contributed by atoms with Crippen LogP contribution in [0, 0.1) is 5.92 Å². The summed E-state index contributed by atoms with van der Waals surface area (Å²) >= 11 is 0. The lowest BCUT2D eigenvalue weighted by Gasteiger charge is -2.15. The first kappa shape index (κ1) is 12.0. The van der Waals surface area contributed by atoms with Crippen LogP contribution in [0.15, 0.2) is 18.3 Å². The lowest BCUT2D eigenvalue weighted by Crippen LogP contribution is -2.20. The van der Waals surface area contributed by atoms with Crippen LogP contribution in [0.4, 0.5) is 0 Å². The molecule has 1 aromatic heterocycles. The van der Waals surface area contributed by atoms with Gasteiger partial charge in [0, 0.05) is 19.3 Å². The van der Waals surface area contributed by atoms with E-state index in [1.807, 2.05) is 6.07 Å². The molecule has 2 heterocycles. The molecule has 0 amide bonds.